The minimum Gasteiger partial charge on any atom is -0.502 e. The zero-order valence-corrected chi connectivity index (χ0v) is 10.3. The van der Waals surface area contributed by atoms with Crippen molar-refractivity contribution in [1.82, 2.24) is 0 Å². The van der Waals surface area contributed by atoms with E-state index in [2.05, 4.69) is 0 Å². The van der Waals surface area contributed by atoms with Gasteiger partial charge in [-0.1, -0.05) is 6.07 Å². The molecular formula is C13H8F2N2O4. The minimum absolute atomic E-state index is 0.180. The molecule has 2 aromatic rings. The van der Waals surface area contributed by atoms with Gasteiger partial charge in [0.15, 0.2) is 5.75 Å². The van der Waals surface area contributed by atoms with E-state index in [9.17, 15) is 28.8 Å². The maximum absolute atomic E-state index is 13.4. The Morgan fingerprint density at radius 2 is 1.81 bits per heavy atom. The van der Waals surface area contributed by atoms with Crippen LogP contribution in [-0.4, -0.2) is 15.9 Å². The third-order valence-corrected chi connectivity index (χ3v) is 2.64. The molecule has 0 atom stereocenters. The molecule has 0 unspecified atom stereocenters. The summed E-state index contributed by atoms with van der Waals surface area (Å²) in [4.78, 5) is 21.5. The summed E-state index contributed by atoms with van der Waals surface area (Å²) in [6.45, 7) is 0. The number of nitro benzene ring substituents is 1. The van der Waals surface area contributed by atoms with E-state index in [1.807, 2.05) is 5.32 Å². The SMILES string of the molecule is O=C(Nc1c(F)cccc1F)c1ccc([N+](=O)[O-])c(O)c1. The molecule has 21 heavy (non-hydrogen) atoms. The van der Waals surface area contributed by atoms with Crippen LogP contribution in [0.5, 0.6) is 5.75 Å². The predicted octanol–water partition coefficient (Wildman–Crippen LogP) is 2.83. The smallest absolute Gasteiger partial charge is 0.310 e. The Bertz CT molecular complexity index is 714. The van der Waals surface area contributed by atoms with Gasteiger partial charge in [-0.15, -0.1) is 0 Å². The topological polar surface area (TPSA) is 92.5 Å². The fourth-order valence-corrected chi connectivity index (χ4v) is 1.62. The van der Waals surface area contributed by atoms with Gasteiger partial charge in [0.2, 0.25) is 0 Å². The van der Waals surface area contributed by atoms with Crippen LogP contribution in [0.3, 0.4) is 0 Å². The molecule has 0 aromatic heterocycles. The number of nitrogens with zero attached hydrogens (tertiary/aromatic N) is 1. The molecule has 0 saturated heterocycles. The summed E-state index contributed by atoms with van der Waals surface area (Å²) < 4.78 is 26.8. The second-order valence-corrected chi connectivity index (χ2v) is 4.01. The van der Waals surface area contributed by atoms with Crippen LogP contribution < -0.4 is 5.32 Å². The molecule has 0 radical (unpaired) electrons. The van der Waals surface area contributed by atoms with Gasteiger partial charge in [-0.2, -0.15) is 0 Å². The molecule has 0 heterocycles. The number of para-hydroxylation sites is 1. The summed E-state index contributed by atoms with van der Waals surface area (Å²) in [5, 5.41) is 21.9. The quantitative estimate of drug-likeness (QED) is 0.672. The maximum atomic E-state index is 13.4. The van der Waals surface area contributed by atoms with E-state index >= 15 is 0 Å². The number of carbonyl (C=O) groups excluding carboxylic acids is 1. The van der Waals surface area contributed by atoms with Crippen molar-refractivity contribution in [2.75, 3.05) is 5.32 Å². The Balaban J connectivity index is 2.29. The van der Waals surface area contributed by atoms with Crippen LogP contribution in [0.15, 0.2) is 36.4 Å². The molecule has 1 amide bonds. The first-order chi connectivity index (χ1) is 9.90. The van der Waals surface area contributed by atoms with Gasteiger partial charge in [0.1, 0.15) is 17.3 Å². The Kier molecular flexibility index (Phi) is 3.79. The predicted molar refractivity (Wildman–Crippen MR) is 69.1 cm³/mol. The molecule has 2 N–H and O–H groups in total. The van der Waals surface area contributed by atoms with Crippen LogP contribution in [0.25, 0.3) is 0 Å². The average Bonchev–Trinajstić information content (AvgIpc) is 2.42. The number of benzene rings is 2. The van der Waals surface area contributed by atoms with Crippen molar-refractivity contribution in [2.24, 2.45) is 0 Å². The van der Waals surface area contributed by atoms with E-state index in [-0.39, 0.29) is 5.56 Å². The fourth-order valence-electron chi connectivity index (χ4n) is 1.62. The zero-order valence-electron chi connectivity index (χ0n) is 10.3. The van der Waals surface area contributed by atoms with Crippen molar-refractivity contribution in [1.29, 1.82) is 0 Å². The molecule has 2 rings (SSSR count). The van der Waals surface area contributed by atoms with Crippen LogP contribution in [0, 0.1) is 21.7 Å². The Morgan fingerprint density at radius 1 is 1.19 bits per heavy atom. The van der Waals surface area contributed by atoms with Gasteiger partial charge in [0.05, 0.1) is 4.92 Å². The van der Waals surface area contributed by atoms with Crippen molar-refractivity contribution >= 4 is 17.3 Å². The molecule has 0 spiro atoms. The molecule has 0 aliphatic rings. The molecule has 0 aliphatic heterocycles. The number of anilines is 1. The highest BCUT2D eigenvalue weighted by atomic mass is 19.1. The molecule has 0 fully saturated rings. The summed E-state index contributed by atoms with van der Waals surface area (Å²) >= 11 is 0. The highest BCUT2D eigenvalue weighted by Gasteiger charge is 2.18. The molecule has 0 saturated carbocycles. The van der Waals surface area contributed by atoms with Gasteiger partial charge < -0.3 is 10.4 Å². The van der Waals surface area contributed by atoms with Crippen LogP contribution >= 0.6 is 0 Å². The number of hydrogen-bond donors (Lipinski definition) is 2. The molecule has 0 bridgehead atoms. The fraction of sp³-hybridized carbons (Fsp3) is 0. The zero-order chi connectivity index (χ0) is 15.6. The number of amides is 1. The molecule has 0 aliphatic carbocycles. The first-order valence-electron chi connectivity index (χ1n) is 5.63. The van der Waals surface area contributed by atoms with Crippen LogP contribution in [-0.2, 0) is 0 Å². The average molecular weight is 294 g/mol. The van der Waals surface area contributed by atoms with Gasteiger partial charge in [-0.05, 0) is 24.3 Å². The van der Waals surface area contributed by atoms with E-state index in [1.165, 1.54) is 0 Å². The van der Waals surface area contributed by atoms with Crippen LogP contribution in [0.2, 0.25) is 0 Å². The lowest BCUT2D eigenvalue weighted by molar-refractivity contribution is -0.385. The van der Waals surface area contributed by atoms with Gasteiger partial charge in [0.25, 0.3) is 5.91 Å². The Morgan fingerprint density at radius 3 is 2.33 bits per heavy atom. The molecule has 8 heteroatoms. The summed E-state index contributed by atoms with van der Waals surface area (Å²) in [6.07, 6.45) is 0. The monoisotopic (exact) mass is 294 g/mol. The van der Waals surface area contributed by atoms with Gasteiger partial charge in [-0.3, -0.25) is 14.9 Å². The molecular weight excluding hydrogens is 286 g/mol. The molecule has 6 nitrogen and oxygen atoms in total. The van der Waals surface area contributed by atoms with Crippen molar-refractivity contribution < 1.29 is 23.6 Å². The van der Waals surface area contributed by atoms with Crippen molar-refractivity contribution in [3.8, 4) is 5.75 Å². The van der Waals surface area contributed by atoms with E-state index in [0.29, 0.717) is 0 Å². The number of hydrogen-bond acceptors (Lipinski definition) is 4. The Labute approximate surface area is 116 Å². The molecule has 2 aromatic carbocycles. The summed E-state index contributed by atoms with van der Waals surface area (Å²) in [5.74, 6) is -3.56. The first kappa shape index (κ1) is 14.4. The second kappa shape index (κ2) is 5.53. The second-order valence-electron chi connectivity index (χ2n) is 4.01. The highest BCUT2D eigenvalue weighted by molar-refractivity contribution is 6.04. The molecule has 108 valence electrons. The van der Waals surface area contributed by atoms with E-state index < -0.39 is 39.6 Å². The van der Waals surface area contributed by atoms with Gasteiger partial charge in [0, 0.05) is 11.6 Å². The van der Waals surface area contributed by atoms with Crippen LogP contribution in [0.1, 0.15) is 10.4 Å². The van der Waals surface area contributed by atoms with E-state index in [1.54, 1.807) is 0 Å². The van der Waals surface area contributed by atoms with Gasteiger partial charge >= 0.3 is 5.69 Å². The van der Waals surface area contributed by atoms with E-state index in [4.69, 9.17) is 0 Å². The number of halogens is 2. The number of carbonyl (C=O) groups is 1. The van der Waals surface area contributed by atoms with Crippen molar-refractivity contribution in [3.05, 3.63) is 63.7 Å². The van der Waals surface area contributed by atoms with Crippen molar-refractivity contribution in [3.63, 3.8) is 0 Å². The number of aromatic hydroxyl groups is 1. The normalized spacial score (nSPS) is 10.2. The number of rotatable bonds is 3. The standard InChI is InChI=1S/C13H8F2N2O4/c14-8-2-1-3-9(15)12(8)16-13(19)7-4-5-10(17(20)21)11(18)6-7/h1-6,18H,(H,16,19). The maximum Gasteiger partial charge on any atom is 0.310 e. The summed E-state index contributed by atoms with van der Waals surface area (Å²) in [7, 11) is 0. The first-order valence-corrected chi connectivity index (χ1v) is 5.63. The third-order valence-electron chi connectivity index (χ3n) is 2.64. The number of phenolic OH excluding ortho intramolecular Hbond substituents is 1. The van der Waals surface area contributed by atoms with E-state index in [0.717, 1.165) is 36.4 Å². The lowest BCUT2D eigenvalue weighted by atomic mass is 10.1. The van der Waals surface area contributed by atoms with Crippen molar-refractivity contribution in [2.45, 2.75) is 0 Å². The van der Waals surface area contributed by atoms with Gasteiger partial charge in [-0.25, -0.2) is 8.78 Å². The summed E-state index contributed by atoms with van der Waals surface area (Å²) in [6, 6.07) is 5.89. The summed E-state index contributed by atoms with van der Waals surface area (Å²) in [5.41, 5.74) is -1.40. The third kappa shape index (κ3) is 2.94. The Hall–Kier alpha value is -3.03. The lowest BCUT2D eigenvalue weighted by Crippen LogP contribution is -2.14. The van der Waals surface area contributed by atoms with Crippen LogP contribution in [0.4, 0.5) is 20.2 Å². The number of nitrogens with one attached hydrogen (secondary N) is 1. The minimum atomic E-state index is -0.963. The highest BCUT2D eigenvalue weighted by Crippen LogP contribution is 2.27. The lowest BCUT2D eigenvalue weighted by Gasteiger charge is -2.07. The number of phenols is 1. The largest absolute Gasteiger partial charge is 0.502 e. The number of nitro groups is 1.